The topological polar surface area (TPSA) is 61.8 Å². The first kappa shape index (κ1) is 18.7. The second-order valence-electron chi connectivity index (χ2n) is 5.89. The van der Waals surface area contributed by atoms with Crippen LogP contribution in [0.15, 0.2) is 63.0 Å². The molecule has 0 aliphatic carbocycles. The Labute approximate surface area is 165 Å². The van der Waals surface area contributed by atoms with E-state index in [4.69, 9.17) is 0 Å². The van der Waals surface area contributed by atoms with Crippen LogP contribution in [-0.2, 0) is 9.59 Å². The van der Waals surface area contributed by atoms with Gasteiger partial charge in [-0.05, 0) is 48.2 Å². The lowest BCUT2D eigenvalue weighted by atomic mass is 10.1. The Morgan fingerprint density at radius 2 is 1.92 bits per heavy atom. The summed E-state index contributed by atoms with van der Waals surface area (Å²) in [5.74, 6) is -0.693. The minimum atomic E-state index is -0.401. The van der Waals surface area contributed by atoms with Crippen molar-refractivity contribution in [2.75, 3.05) is 17.7 Å². The number of nitrogens with one attached hydrogen (secondary N) is 1. The summed E-state index contributed by atoms with van der Waals surface area (Å²) in [5.41, 5.74) is 4.24. The van der Waals surface area contributed by atoms with Gasteiger partial charge in [0.05, 0.1) is 12.1 Å². The highest BCUT2D eigenvalue weighted by Gasteiger charge is 2.35. The van der Waals surface area contributed by atoms with Crippen LogP contribution in [0.3, 0.4) is 0 Å². The number of hydrogen-bond acceptors (Lipinski definition) is 4. The molecule has 1 aliphatic heterocycles. The van der Waals surface area contributed by atoms with E-state index in [9.17, 15) is 9.59 Å². The van der Waals surface area contributed by atoms with Gasteiger partial charge in [-0.25, -0.2) is 5.43 Å². The molecule has 7 heteroatoms. The predicted octanol–water partition coefficient (Wildman–Crippen LogP) is 3.67. The summed E-state index contributed by atoms with van der Waals surface area (Å²) in [4.78, 5) is 27.3. The number of carbonyl (C=O) groups excluding carboxylic acids is 2. The molecule has 26 heavy (non-hydrogen) atoms. The van der Waals surface area contributed by atoms with Crippen molar-refractivity contribution >= 4 is 51.4 Å². The Hall–Kier alpha value is -2.12. The van der Waals surface area contributed by atoms with Crippen molar-refractivity contribution in [1.29, 1.82) is 0 Å². The average molecular weight is 432 g/mol. The highest BCUT2D eigenvalue weighted by Crippen LogP contribution is 2.26. The van der Waals surface area contributed by atoms with E-state index in [1.807, 2.05) is 54.8 Å². The third-order valence-corrected chi connectivity index (χ3v) is 5.41. The molecule has 2 amide bonds. The standard InChI is InChI=1S/C19H18BrN3O2S/c1-26-17-8-2-13(3-9-17)11-21-22-19(25)14-10-18(24)23(12-14)16-6-4-15(20)5-7-16/h2-9,11,14H,10,12H2,1H3,(H,22,25)/b21-11-/t14-/m1/s1. The molecular formula is C19H18BrN3O2S. The molecule has 2 aromatic rings. The summed E-state index contributed by atoms with van der Waals surface area (Å²) in [6, 6.07) is 15.4. The van der Waals surface area contributed by atoms with Crippen molar-refractivity contribution in [2.45, 2.75) is 11.3 Å². The minimum Gasteiger partial charge on any atom is -0.312 e. The van der Waals surface area contributed by atoms with Gasteiger partial charge in [0.15, 0.2) is 0 Å². The largest absolute Gasteiger partial charge is 0.312 e. The van der Waals surface area contributed by atoms with Gasteiger partial charge < -0.3 is 4.90 Å². The van der Waals surface area contributed by atoms with Crippen molar-refractivity contribution in [3.05, 3.63) is 58.6 Å². The van der Waals surface area contributed by atoms with Crippen LogP contribution in [-0.4, -0.2) is 30.8 Å². The van der Waals surface area contributed by atoms with Gasteiger partial charge in [0, 0.05) is 28.0 Å². The molecule has 0 unspecified atom stereocenters. The fraction of sp³-hybridized carbons (Fsp3) is 0.211. The fourth-order valence-electron chi connectivity index (χ4n) is 2.71. The maximum Gasteiger partial charge on any atom is 0.245 e. The molecule has 0 spiro atoms. The lowest BCUT2D eigenvalue weighted by Crippen LogP contribution is -2.30. The monoisotopic (exact) mass is 431 g/mol. The van der Waals surface area contributed by atoms with Crippen molar-refractivity contribution in [3.63, 3.8) is 0 Å². The molecule has 5 nitrogen and oxygen atoms in total. The first-order valence-corrected chi connectivity index (χ1v) is 10.1. The third kappa shape index (κ3) is 4.53. The second kappa shape index (κ2) is 8.51. The van der Waals surface area contributed by atoms with Crippen LogP contribution in [0.25, 0.3) is 0 Å². The second-order valence-corrected chi connectivity index (χ2v) is 7.68. The molecule has 3 rings (SSSR count). The summed E-state index contributed by atoms with van der Waals surface area (Å²) in [6.45, 7) is 0.365. The average Bonchev–Trinajstić information content (AvgIpc) is 3.05. The third-order valence-electron chi connectivity index (χ3n) is 4.14. The normalized spacial score (nSPS) is 17.1. The van der Waals surface area contributed by atoms with Crippen LogP contribution in [0.2, 0.25) is 0 Å². The molecule has 1 atom stereocenters. The van der Waals surface area contributed by atoms with Crippen molar-refractivity contribution in [2.24, 2.45) is 11.0 Å². The van der Waals surface area contributed by atoms with Gasteiger partial charge in [-0.2, -0.15) is 5.10 Å². The number of hydrazone groups is 1. The van der Waals surface area contributed by atoms with Crippen LogP contribution < -0.4 is 10.3 Å². The van der Waals surface area contributed by atoms with Gasteiger partial charge in [0.1, 0.15) is 0 Å². The number of nitrogens with zero attached hydrogens (tertiary/aromatic N) is 2. The summed E-state index contributed by atoms with van der Waals surface area (Å²) in [6.07, 6.45) is 3.81. The Morgan fingerprint density at radius 1 is 1.23 bits per heavy atom. The van der Waals surface area contributed by atoms with E-state index in [1.165, 1.54) is 4.90 Å². The molecule has 1 saturated heterocycles. The fourth-order valence-corrected chi connectivity index (χ4v) is 3.38. The molecule has 0 bridgehead atoms. The number of rotatable bonds is 5. The van der Waals surface area contributed by atoms with Crippen LogP contribution in [0.4, 0.5) is 5.69 Å². The predicted molar refractivity (Wildman–Crippen MR) is 109 cm³/mol. The highest BCUT2D eigenvalue weighted by molar-refractivity contribution is 9.10. The van der Waals surface area contributed by atoms with Gasteiger partial charge in [-0.15, -0.1) is 11.8 Å². The minimum absolute atomic E-state index is 0.0518. The first-order valence-electron chi connectivity index (χ1n) is 8.09. The molecule has 1 heterocycles. The van der Waals surface area contributed by atoms with E-state index in [2.05, 4.69) is 26.5 Å². The number of benzene rings is 2. The Morgan fingerprint density at radius 3 is 2.58 bits per heavy atom. The van der Waals surface area contributed by atoms with Crippen molar-refractivity contribution in [1.82, 2.24) is 5.43 Å². The van der Waals surface area contributed by atoms with Gasteiger partial charge in [-0.1, -0.05) is 28.1 Å². The molecule has 1 fully saturated rings. The Kier molecular flexibility index (Phi) is 6.11. The lowest BCUT2D eigenvalue weighted by molar-refractivity contribution is -0.126. The van der Waals surface area contributed by atoms with Crippen LogP contribution in [0, 0.1) is 5.92 Å². The smallest absolute Gasteiger partial charge is 0.245 e. The SMILES string of the molecule is CSc1ccc(/C=N\NC(=O)[C@@H]2CC(=O)N(c3ccc(Br)cc3)C2)cc1. The number of anilines is 1. The molecule has 0 saturated carbocycles. The van der Waals surface area contributed by atoms with E-state index in [1.54, 1.807) is 22.9 Å². The van der Waals surface area contributed by atoms with E-state index in [0.29, 0.717) is 6.54 Å². The first-order chi connectivity index (χ1) is 12.6. The maximum absolute atomic E-state index is 12.3. The molecule has 1 N–H and O–H groups in total. The Bertz CT molecular complexity index is 822. The Balaban J connectivity index is 1.57. The number of amides is 2. The summed E-state index contributed by atoms with van der Waals surface area (Å²) in [5, 5.41) is 4.01. The molecule has 2 aromatic carbocycles. The molecule has 134 valence electrons. The molecule has 0 radical (unpaired) electrons. The zero-order chi connectivity index (χ0) is 18.5. The zero-order valence-electron chi connectivity index (χ0n) is 14.2. The number of halogens is 1. The quantitative estimate of drug-likeness (QED) is 0.446. The number of hydrogen-bond donors (Lipinski definition) is 1. The summed E-state index contributed by atoms with van der Waals surface area (Å²) >= 11 is 5.04. The van der Waals surface area contributed by atoms with Gasteiger partial charge in [0.25, 0.3) is 0 Å². The van der Waals surface area contributed by atoms with Crippen molar-refractivity contribution < 1.29 is 9.59 Å². The van der Waals surface area contributed by atoms with Crippen LogP contribution in [0.1, 0.15) is 12.0 Å². The van der Waals surface area contributed by atoms with Crippen LogP contribution >= 0.6 is 27.7 Å². The van der Waals surface area contributed by atoms with E-state index < -0.39 is 5.92 Å². The molecule has 1 aliphatic rings. The zero-order valence-corrected chi connectivity index (χ0v) is 16.6. The lowest BCUT2D eigenvalue weighted by Gasteiger charge is -2.16. The van der Waals surface area contributed by atoms with E-state index in [0.717, 1.165) is 15.7 Å². The number of carbonyl (C=O) groups is 2. The molecular weight excluding hydrogens is 414 g/mol. The number of thioether (sulfide) groups is 1. The maximum atomic E-state index is 12.3. The van der Waals surface area contributed by atoms with Crippen molar-refractivity contribution in [3.8, 4) is 0 Å². The van der Waals surface area contributed by atoms with Gasteiger partial charge in [0.2, 0.25) is 11.8 Å². The van der Waals surface area contributed by atoms with Gasteiger partial charge in [-0.3, -0.25) is 9.59 Å². The summed E-state index contributed by atoms with van der Waals surface area (Å²) in [7, 11) is 0. The highest BCUT2D eigenvalue weighted by atomic mass is 79.9. The van der Waals surface area contributed by atoms with Crippen LogP contribution in [0.5, 0.6) is 0 Å². The van der Waals surface area contributed by atoms with E-state index >= 15 is 0 Å². The van der Waals surface area contributed by atoms with E-state index in [-0.39, 0.29) is 18.2 Å². The summed E-state index contributed by atoms with van der Waals surface area (Å²) < 4.78 is 0.946. The molecule has 0 aromatic heterocycles. The van der Waals surface area contributed by atoms with Gasteiger partial charge >= 0.3 is 0 Å².